The summed E-state index contributed by atoms with van der Waals surface area (Å²) in [5.74, 6) is -1.16. The zero-order chi connectivity index (χ0) is 22.7. The van der Waals surface area contributed by atoms with Crippen LogP contribution in [0.1, 0.15) is 10.4 Å². The van der Waals surface area contributed by atoms with Crippen molar-refractivity contribution in [3.63, 3.8) is 0 Å². The second kappa shape index (κ2) is 9.53. The van der Waals surface area contributed by atoms with Gasteiger partial charge in [-0.05, 0) is 24.3 Å². The molecule has 2 aromatic heterocycles. The normalized spacial score (nSPS) is 10.7. The van der Waals surface area contributed by atoms with E-state index >= 15 is 0 Å². The van der Waals surface area contributed by atoms with Gasteiger partial charge < -0.3 is 10.1 Å². The molecule has 0 atom stereocenters. The first-order chi connectivity index (χ1) is 15.4. The molecule has 160 valence electrons. The lowest BCUT2D eigenvalue weighted by Gasteiger charge is -2.11. The fourth-order valence-electron chi connectivity index (χ4n) is 3.03. The first-order valence-electron chi connectivity index (χ1n) is 9.35. The average Bonchev–Trinajstić information content (AvgIpc) is 2.79. The molecule has 0 radical (unpaired) electrons. The molecule has 4 aromatic rings. The molecule has 2 aromatic carbocycles. The third-order valence-corrected chi connectivity index (χ3v) is 5.31. The van der Waals surface area contributed by atoms with Crippen LogP contribution >= 0.6 is 34.8 Å². The Bertz CT molecular complexity index is 1340. The fraction of sp³-hybridized carbons (Fsp3) is 0.0435. The summed E-state index contributed by atoms with van der Waals surface area (Å²) in [6, 6.07) is 17.4. The number of anilines is 1. The van der Waals surface area contributed by atoms with Crippen molar-refractivity contribution in [2.75, 3.05) is 11.9 Å². The highest BCUT2D eigenvalue weighted by atomic mass is 35.5. The van der Waals surface area contributed by atoms with E-state index in [9.17, 15) is 9.59 Å². The Morgan fingerprint density at radius 3 is 2.47 bits per heavy atom. The van der Waals surface area contributed by atoms with Crippen LogP contribution in [0.5, 0.6) is 0 Å². The minimum absolute atomic E-state index is 0.118. The number of fused-ring (bicyclic) bond motifs is 1. The van der Waals surface area contributed by atoms with Gasteiger partial charge >= 0.3 is 5.97 Å². The highest BCUT2D eigenvalue weighted by Crippen LogP contribution is 2.30. The number of nitrogens with zero attached hydrogens (tertiary/aromatic N) is 2. The van der Waals surface area contributed by atoms with Crippen molar-refractivity contribution in [3.05, 3.63) is 87.5 Å². The van der Waals surface area contributed by atoms with E-state index in [1.165, 1.54) is 12.3 Å². The minimum Gasteiger partial charge on any atom is -0.452 e. The number of carbonyl (C=O) groups excluding carboxylic acids is 2. The molecule has 32 heavy (non-hydrogen) atoms. The molecule has 0 aliphatic heterocycles. The monoisotopic (exact) mass is 485 g/mol. The maximum atomic E-state index is 12.9. The van der Waals surface area contributed by atoms with Gasteiger partial charge in [0.1, 0.15) is 0 Å². The summed E-state index contributed by atoms with van der Waals surface area (Å²) >= 11 is 18.1. The van der Waals surface area contributed by atoms with Crippen molar-refractivity contribution in [2.45, 2.75) is 0 Å². The quantitative estimate of drug-likeness (QED) is 0.347. The molecule has 0 unspecified atom stereocenters. The number of para-hydroxylation sites is 1. The van der Waals surface area contributed by atoms with Crippen LogP contribution in [0.15, 0.2) is 66.9 Å². The van der Waals surface area contributed by atoms with Gasteiger partial charge in [-0.3, -0.25) is 4.79 Å². The number of benzene rings is 2. The Morgan fingerprint density at radius 1 is 0.938 bits per heavy atom. The molecule has 0 fully saturated rings. The van der Waals surface area contributed by atoms with Crippen LogP contribution in [-0.4, -0.2) is 28.5 Å². The molecule has 0 bridgehead atoms. The Labute approximate surface area is 198 Å². The van der Waals surface area contributed by atoms with Gasteiger partial charge in [0, 0.05) is 22.2 Å². The number of aromatic nitrogens is 2. The molecule has 2 heterocycles. The van der Waals surface area contributed by atoms with Crippen LogP contribution in [0.4, 0.5) is 5.82 Å². The van der Waals surface area contributed by atoms with Crippen LogP contribution in [-0.2, 0) is 9.53 Å². The van der Waals surface area contributed by atoms with Crippen molar-refractivity contribution >= 4 is 63.4 Å². The second-order valence-electron chi connectivity index (χ2n) is 6.66. The molecule has 0 spiro atoms. The van der Waals surface area contributed by atoms with E-state index in [0.29, 0.717) is 32.2 Å². The number of hydrogen-bond acceptors (Lipinski definition) is 5. The Hall–Kier alpha value is -3.19. The number of amides is 1. The first-order valence-corrected chi connectivity index (χ1v) is 10.5. The molecule has 1 N–H and O–H groups in total. The third kappa shape index (κ3) is 4.83. The summed E-state index contributed by atoms with van der Waals surface area (Å²) in [4.78, 5) is 33.7. The zero-order valence-corrected chi connectivity index (χ0v) is 18.6. The lowest BCUT2D eigenvalue weighted by Crippen LogP contribution is -2.21. The number of carbonyl (C=O) groups is 2. The van der Waals surface area contributed by atoms with Crippen LogP contribution in [0.3, 0.4) is 0 Å². The second-order valence-corrected chi connectivity index (χ2v) is 7.91. The van der Waals surface area contributed by atoms with E-state index in [-0.39, 0.29) is 16.4 Å². The van der Waals surface area contributed by atoms with Crippen molar-refractivity contribution < 1.29 is 14.3 Å². The van der Waals surface area contributed by atoms with Gasteiger partial charge in [-0.15, -0.1) is 0 Å². The van der Waals surface area contributed by atoms with Gasteiger partial charge in [-0.25, -0.2) is 14.8 Å². The van der Waals surface area contributed by atoms with Gasteiger partial charge in [-0.2, -0.15) is 0 Å². The lowest BCUT2D eigenvalue weighted by atomic mass is 10.0. The molecule has 0 saturated carbocycles. The summed E-state index contributed by atoms with van der Waals surface area (Å²) < 4.78 is 5.25. The third-order valence-electron chi connectivity index (χ3n) is 4.49. The topological polar surface area (TPSA) is 81.2 Å². The smallest absolute Gasteiger partial charge is 0.339 e. The van der Waals surface area contributed by atoms with Gasteiger partial charge in [0.15, 0.2) is 12.4 Å². The number of halogens is 3. The van der Waals surface area contributed by atoms with Crippen LogP contribution in [0.25, 0.3) is 22.2 Å². The summed E-state index contributed by atoms with van der Waals surface area (Å²) in [6.07, 6.45) is 1.34. The highest BCUT2D eigenvalue weighted by molar-refractivity contribution is 6.36. The number of ether oxygens (including phenoxy) is 1. The van der Waals surface area contributed by atoms with E-state index in [2.05, 4.69) is 15.3 Å². The molecular formula is C23H14Cl3N3O3. The largest absolute Gasteiger partial charge is 0.452 e. The van der Waals surface area contributed by atoms with Crippen molar-refractivity contribution in [2.24, 2.45) is 0 Å². The summed E-state index contributed by atoms with van der Waals surface area (Å²) in [5, 5.41) is 4.07. The average molecular weight is 487 g/mol. The molecule has 1 amide bonds. The van der Waals surface area contributed by atoms with Crippen molar-refractivity contribution in [3.8, 4) is 11.3 Å². The predicted octanol–water partition coefficient (Wildman–Crippen LogP) is 6.05. The number of nitrogens with one attached hydrogen (secondary N) is 1. The van der Waals surface area contributed by atoms with E-state index in [1.54, 1.807) is 30.3 Å². The predicted molar refractivity (Wildman–Crippen MR) is 125 cm³/mol. The van der Waals surface area contributed by atoms with Crippen LogP contribution < -0.4 is 5.32 Å². The van der Waals surface area contributed by atoms with E-state index in [1.807, 2.05) is 24.3 Å². The fourth-order valence-corrected chi connectivity index (χ4v) is 3.69. The Morgan fingerprint density at radius 2 is 1.69 bits per heavy atom. The minimum atomic E-state index is -0.679. The van der Waals surface area contributed by atoms with Gasteiger partial charge in [0.2, 0.25) is 0 Å². The number of pyridine rings is 2. The van der Waals surface area contributed by atoms with Crippen LogP contribution in [0.2, 0.25) is 15.1 Å². The first kappa shape index (κ1) is 22.0. The van der Waals surface area contributed by atoms with Gasteiger partial charge in [0.25, 0.3) is 5.91 Å². The molecule has 6 nitrogen and oxygen atoms in total. The molecular weight excluding hydrogens is 473 g/mol. The lowest BCUT2D eigenvalue weighted by molar-refractivity contribution is -0.119. The maximum Gasteiger partial charge on any atom is 0.339 e. The Balaban J connectivity index is 1.57. The number of hydrogen-bond donors (Lipinski definition) is 1. The molecule has 4 rings (SSSR count). The van der Waals surface area contributed by atoms with Crippen molar-refractivity contribution in [1.29, 1.82) is 0 Å². The van der Waals surface area contributed by atoms with E-state index in [0.717, 1.165) is 0 Å². The summed E-state index contributed by atoms with van der Waals surface area (Å²) in [6.45, 7) is -0.530. The molecule has 0 saturated heterocycles. The highest BCUT2D eigenvalue weighted by Gasteiger charge is 2.18. The SMILES string of the molecule is O=C(COC(=O)c1cc(-c2ccccc2Cl)nc2ccccc12)Nc1ncc(Cl)cc1Cl. The standard InChI is InChI=1S/C23H14Cl3N3O3/c24-13-9-18(26)22(27-11-13)29-21(30)12-32-23(31)16-10-20(15-6-1-3-7-17(15)25)28-19-8-4-2-5-14(16)19/h1-11H,12H2,(H,27,29,30). The van der Waals surface area contributed by atoms with Crippen LogP contribution in [0, 0.1) is 0 Å². The Kier molecular flexibility index (Phi) is 6.55. The molecule has 0 aliphatic rings. The van der Waals surface area contributed by atoms with Gasteiger partial charge in [0.05, 0.1) is 26.8 Å². The van der Waals surface area contributed by atoms with Crippen molar-refractivity contribution in [1.82, 2.24) is 9.97 Å². The molecule has 0 aliphatic carbocycles. The molecule has 9 heteroatoms. The summed E-state index contributed by atoms with van der Waals surface area (Å²) in [5.41, 5.74) is 2.05. The number of esters is 1. The van der Waals surface area contributed by atoms with E-state index < -0.39 is 18.5 Å². The number of rotatable bonds is 5. The zero-order valence-electron chi connectivity index (χ0n) is 16.3. The maximum absolute atomic E-state index is 12.9. The summed E-state index contributed by atoms with van der Waals surface area (Å²) in [7, 11) is 0. The van der Waals surface area contributed by atoms with E-state index in [4.69, 9.17) is 39.5 Å². The van der Waals surface area contributed by atoms with Gasteiger partial charge in [-0.1, -0.05) is 71.2 Å².